The molecule has 5 heterocycles. The van der Waals surface area contributed by atoms with Crippen molar-refractivity contribution < 1.29 is 0 Å². The fourth-order valence-corrected chi connectivity index (χ4v) is 8.75. The Morgan fingerprint density at radius 3 is 0.864 bits per heavy atom. The van der Waals surface area contributed by atoms with E-state index in [1.165, 1.54) is 22.3 Å². The SMILES string of the molecule is c1ccc(-c2ccc(-c3nc4ccccn4c3-c3ccc(-c4nc(-c5ccccc5)nc(-c5ccc(-c6c(-c7ccc(-c8ccccc8)cc7)nc7ccccn67)cc5)n4)cc3)cc2)cc1. The Balaban J connectivity index is 0.902. The molecule has 12 rings (SSSR count). The van der Waals surface area contributed by atoms with Gasteiger partial charge in [0.25, 0.3) is 0 Å². The molecule has 0 unspecified atom stereocenters. The van der Waals surface area contributed by atoms with E-state index in [0.29, 0.717) is 17.5 Å². The number of imidazole rings is 2. The first-order valence-corrected chi connectivity index (χ1v) is 22.0. The molecule has 7 heteroatoms. The van der Waals surface area contributed by atoms with Crippen molar-refractivity contribution in [1.82, 2.24) is 33.7 Å². The van der Waals surface area contributed by atoms with Gasteiger partial charge in [0, 0.05) is 51.3 Å². The van der Waals surface area contributed by atoms with Crippen molar-refractivity contribution in [2.75, 3.05) is 0 Å². The van der Waals surface area contributed by atoms with Crippen molar-refractivity contribution in [2.45, 2.75) is 0 Å². The summed E-state index contributed by atoms with van der Waals surface area (Å²) in [5, 5.41) is 0. The maximum atomic E-state index is 5.13. The van der Waals surface area contributed by atoms with Crippen molar-refractivity contribution in [2.24, 2.45) is 0 Å². The molecule has 0 aliphatic heterocycles. The van der Waals surface area contributed by atoms with Gasteiger partial charge in [0.05, 0.1) is 22.8 Å². The highest BCUT2D eigenvalue weighted by atomic mass is 15.0. The minimum atomic E-state index is 0.590. The number of pyridine rings is 2. The van der Waals surface area contributed by atoms with Gasteiger partial charge in [-0.1, -0.05) is 200 Å². The lowest BCUT2D eigenvalue weighted by molar-refractivity contribution is 1.07. The zero-order chi connectivity index (χ0) is 43.8. The second-order valence-electron chi connectivity index (χ2n) is 16.2. The summed E-state index contributed by atoms with van der Waals surface area (Å²) in [5.41, 5.74) is 17.2. The maximum absolute atomic E-state index is 5.13. The molecule has 0 aliphatic carbocycles. The molecule has 310 valence electrons. The van der Waals surface area contributed by atoms with Crippen molar-refractivity contribution in [3.8, 4) is 101 Å². The molecule has 7 aromatic carbocycles. The average Bonchev–Trinajstić information content (AvgIpc) is 3.99. The Kier molecular flexibility index (Phi) is 9.69. The first-order chi connectivity index (χ1) is 32.7. The summed E-state index contributed by atoms with van der Waals surface area (Å²) < 4.78 is 4.32. The smallest absolute Gasteiger partial charge is 0.164 e. The lowest BCUT2D eigenvalue weighted by Crippen LogP contribution is -2.00. The van der Waals surface area contributed by atoms with Crippen LogP contribution in [0.1, 0.15) is 0 Å². The molecule has 0 aliphatic rings. The molecule has 0 saturated carbocycles. The van der Waals surface area contributed by atoms with Crippen LogP contribution in [0.25, 0.3) is 113 Å². The molecule has 0 N–H and O–H groups in total. The minimum absolute atomic E-state index is 0.590. The van der Waals surface area contributed by atoms with E-state index in [4.69, 9.17) is 24.9 Å². The molecule has 0 saturated heterocycles. The van der Waals surface area contributed by atoms with Gasteiger partial charge < -0.3 is 0 Å². The predicted octanol–water partition coefficient (Wildman–Crippen LogP) is 14.2. The summed E-state index contributed by atoms with van der Waals surface area (Å²) in [7, 11) is 0. The van der Waals surface area contributed by atoms with Crippen LogP contribution >= 0.6 is 0 Å². The van der Waals surface area contributed by atoms with Crippen LogP contribution in [0.2, 0.25) is 0 Å². The molecule has 0 spiro atoms. The first-order valence-electron chi connectivity index (χ1n) is 22.0. The average molecular weight is 846 g/mol. The molecule has 5 aromatic heterocycles. The molecule has 12 aromatic rings. The Morgan fingerprint density at radius 1 is 0.212 bits per heavy atom. The van der Waals surface area contributed by atoms with E-state index in [1.54, 1.807) is 0 Å². The van der Waals surface area contributed by atoms with E-state index in [0.717, 1.165) is 73.0 Å². The van der Waals surface area contributed by atoms with Crippen molar-refractivity contribution in [3.05, 3.63) is 237 Å². The fraction of sp³-hybridized carbons (Fsp3) is 0. The Bertz CT molecular complexity index is 3420. The molecule has 0 fully saturated rings. The monoisotopic (exact) mass is 845 g/mol. The van der Waals surface area contributed by atoms with Crippen LogP contribution in [0.3, 0.4) is 0 Å². The van der Waals surface area contributed by atoms with Gasteiger partial charge in [-0.25, -0.2) is 24.9 Å². The van der Waals surface area contributed by atoms with Crippen molar-refractivity contribution in [1.29, 1.82) is 0 Å². The number of rotatable bonds is 9. The fourth-order valence-electron chi connectivity index (χ4n) is 8.75. The van der Waals surface area contributed by atoms with Crippen LogP contribution in [0, 0.1) is 0 Å². The third-order valence-corrected chi connectivity index (χ3v) is 12.1. The number of hydrogen-bond acceptors (Lipinski definition) is 5. The number of hydrogen-bond donors (Lipinski definition) is 0. The van der Waals surface area contributed by atoms with Gasteiger partial charge in [0.2, 0.25) is 0 Å². The Hall–Kier alpha value is -9.07. The first kappa shape index (κ1) is 38.6. The zero-order valence-electron chi connectivity index (χ0n) is 35.6. The quantitative estimate of drug-likeness (QED) is 0.145. The van der Waals surface area contributed by atoms with Crippen LogP contribution < -0.4 is 0 Å². The molecular formula is C59H39N7. The highest BCUT2D eigenvalue weighted by molar-refractivity contribution is 5.85. The summed E-state index contributed by atoms with van der Waals surface area (Å²) in [6, 6.07) is 77.4. The van der Waals surface area contributed by atoms with E-state index in [2.05, 4.69) is 167 Å². The Labute approximate surface area is 381 Å². The van der Waals surface area contributed by atoms with E-state index in [9.17, 15) is 0 Å². The lowest BCUT2D eigenvalue weighted by Gasteiger charge is -2.11. The van der Waals surface area contributed by atoms with Crippen LogP contribution in [-0.2, 0) is 0 Å². The zero-order valence-corrected chi connectivity index (χ0v) is 35.6. The number of benzene rings is 7. The third-order valence-electron chi connectivity index (χ3n) is 12.1. The summed E-state index contributed by atoms with van der Waals surface area (Å²) in [6.07, 6.45) is 4.14. The topological polar surface area (TPSA) is 73.3 Å². The van der Waals surface area contributed by atoms with Crippen LogP contribution in [0.4, 0.5) is 0 Å². The van der Waals surface area contributed by atoms with Gasteiger partial charge in [-0.3, -0.25) is 8.80 Å². The second kappa shape index (κ2) is 16.6. The predicted molar refractivity (Wildman–Crippen MR) is 266 cm³/mol. The lowest BCUT2D eigenvalue weighted by atomic mass is 10.00. The normalized spacial score (nSPS) is 11.3. The molecule has 0 radical (unpaired) electrons. The maximum Gasteiger partial charge on any atom is 0.164 e. The number of fused-ring (bicyclic) bond motifs is 2. The highest BCUT2D eigenvalue weighted by Gasteiger charge is 2.20. The largest absolute Gasteiger partial charge is 0.299 e. The molecule has 0 amide bonds. The van der Waals surface area contributed by atoms with E-state index in [1.807, 2.05) is 78.9 Å². The molecule has 0 bridgehead atoms. The van der Waals surface area contributed by atoms with Gasteiger partial charge in [-0.2, -0.15) is 0 Å². The summed E-state index contributed by atoms with van der Waals surface area (Å²) in [4.78, 5) is 25.5. The number of nitrogens with zero attached hydrogens (tertiary/aromatic N) is 7. The van der Waals surface area contributed by atoms with E-state index < -0.39 is 0 Å². The standard InChI is InChI=1S/C59H39N7/c1-4-14-40(15-5-1)42-22-26-44(27-23-42)53-55(65-38-12-10-20-51(65)60-53)46-30-34-49(35-31-46)58-62-57(48-18-8-3-9-19-48)63-59(64-58)50-36-32-47(33-37-50)56-54(61-52-21-11-13-39-66(52)56)45-28-24-43(25-29-45)41-16-6-2-7-17-41/h1-39H. The molecular weight excluding hydrogens is 807 g/mol. The Morgan fingerprint density at radius 2 is 0.485 bits per heavy atom. The third kappa shape index (κ3) is 7.20. The van der Waals surface area contributed by atoms with Crippen molar-refractivity contribution >= 4 is 11.3 Å². The minimum Gasteiger partial charge on any atom is -0.299 e. The molecule has 0 atom stereocenters. The van der Waals surface area contributed by atoms with Gasteiger partial charge in [0.1, 0.15) is 11.3 Å². The number of aromatic nitrogens is 7. The van der Waals surface area contributed by atoms with Gasteiger partial charge in [0.15, 0.2) is 17.5 Å². The summed E-state index contributed by atoms with van der Waals surface area (Å²) >= 11 is 0. The molecule has 66 heavy (non-hydrogen) atoms. The van der Waals surface area contributed by atoms with Gasteiger partial charge >= 0.3 is 0 Å². The van der Waals surface area contributed by atoms with Crippen LogP contribution in [0.5, 0.6) is 0 Å². The van der Waals surface area contributed by atoms with Crippen LogP contribution in [0.15, 0.2) is 237 Å². The van der Waals surface area contributed by atoms with Crippen molar-refractivity contribution in [3.63, 3.8) is 0 Å². The summed E-state index contributed by atoms with van der Waals surface area (Å²) in [5.74, 6) is 1.79. The van der Waals surface area contributed by atoms with Gasteiger partial charge in [-0.05, 0) is 46.5 Å². The van der Waals surface area contributed by atoms with Crippen LogP contribution in [-0.4, -0.2) is 33.7 Å². The van der Waals surface area contributed by atoms with E-state index in [-0.39, 0.29) is 0 Å². The molecule has 7 nitrogen and oxygen atoms in total. The summed E-state index contributed by atoms with van der Waals surface area (Å²) in [6.45, 7) is 0. The second-order valence-corrected chi connectivity index (χ2v) is 16.2. The highest BCUT2D eigenvalue weighted by Crippen LogP contribution is 2.37. The van der Waals surface area contributed by atoms with E-state index >= 15 is 0 Å². The van der Waals surface area contributed by atoms with Gasteiger partial charge in [-0.15, -0.1) is 0 Å².